The van der Waals surface area contributed by atoms with Gasteiger partial charge < -0.3 is 18.9 Å². The zero-order chi connectivity index (χ0) is 22.8. The Morgan fingerprint density at radius 2 is 1.33 bits per heavy atom. The fourth-order valence-corrected chi connectivity index (χ4v) is 6.30. The third-order valence-electron chi connectivity index (χ3n) is 5.10. The molecule has 33 heavy (non-hydrogen) atoms. The van der Waals surface area contributed by atoms with Crippen LogP contribution < -0.4 is 18.9 Å². The highest BCUT2D eigenvalue weighted by atomic mass is 32.2. The van der Waals surface area contributed by atoms with Gasteiger partial charge in [-0.2, -0.15) is 0 Å². The van der Waals surface area contributed by atoms with E-state index in [4.69, 9.17) is 18.9 Å². The van der Waals surface area contributed by atoms with Crippen LogP contribution in [0.15, 0.2) is 58.4 Å². The minimum Gasteiger partial charge on any atom is -0.454 e. The van der Waals surface area contributed by atoms with Crippen molar-refractivity contribution in [1.29, 1.82) is 0 Å². The van der Waals surface area contributed by atoms with Crippen LogP contribution in [0.2, 0.25) is 0 Å². The Bertz CT molecular complexity index is 1130. The fourth-order valence-electron chi connectivity index (χ4n) is 3.44. The summed E-state index contributed by atoms with van der Waals surface area (Å²) in [5.41, 5.74) is 1.78. The molecule has 0 spiro atoms. The van der Waals surface area contributed by atoms with E-state index in [-0.39, 0.29) is 30.7 Å². The minimum atomic E-state index is -0.322. The third-order valence-corrected chi connectivity index (χ3v) is 8.08. The summed E-state index contributed by atoms with van der Waals surface area (Å²) in [6.07, 6.45) is 6.26. The highest BCUT2D eigenvalue weighted by Gasteiger charge is 2.26. The van der Waals surface area contributed by atoms with Crippen LogP contribution in [-0.2, 0) is 9.59 Å². The molecule has 1 fully saturated rings. The molecule has 0 aliphatic carbocycles. The van der Waals surface area contributed by atoms with E-state index in [1.165, 1.54) is 12.2 Å². The minimum absolute atomic E-state index is 0.189. The van der Waals surface area contributed by atoms with Gasteiger partial charge in [-0.05, 0) is 47.5 Å². The highest BCUT2D eigenvalue weighted by Crippen LogP contribution is 2.44. The molecule has 8 heteroatoms. The van der Waals surface area contributed by atoms with E-state index in [1.54, 1.807) is 59.9 Å². The molecule has 3 aliphatic heterocycles. The first-order chi connectivity index (χ1) is 16.1. The Morgan fingerprint density at radius 1 is 0.818 bits per heavy atom. The number of hydrogen-bond acceptors (Lipinski definition) is 8. The van der Waals surface area contributed by atoms with Crippen LogP contribution >= 0.6 is 23.5 Å². The topological polar surface area (TPSA) is 71.1 Å². The Labute approximate surface area is 199 Å². The van der Waals surface area contributed by atoms with Gasteiger partial charge in [-0.25, -0.2) is 0 Å². The van der Waals surface area contributed by atoms with E-state index >= 15 is 0 Å². The van der Waals surface area contributed by atoms with E-state index in [0.29, 0.717) is 28.2 Å². The van der Waals surface area contributed by atoms with Crippen molar-refractivity contribution in [3.8, 4) is 23.0 Å². The van der Waals surface area contributed by atoms with Gasteiger partial charge in [-0.1, -0.05) is 31.2 Å². The summed E-state index contributed by atoms with van der Waals surface area (Å²) >= 11 is 3.12. The van der Waals surface area contributed by atoms with E-state index in [2.05, 4.69) is 6.92 Å². The highest BCUT2D eigenvalue weighted by molar-refractivity contribution is 8.25. The van der Waals surface area contributed by atoms with E-state index in [1.807, 2.05) is 12.1 Å². The lowest BCUT2D eigenvalue weighted by atomic mass is 10.1. The number of hydrogen-bond donors (Lipinski definition) is 0. The molecular weight excluding hydrogens is 460 g/mol. The number of benzene rings is 2. The maximum atomic E-state index is 13.1. The van der Waals surface area contributed by atoms with Gasteiger partial charge in [0, 0.05) is 11.0 Å². The first kappa shape index (κ1) is 21.7. The van der Waals surface area contributed by atoms with Gasteiger partial charge in [0.1, 0.15) is 0 Å². The second-order valence-electron chi connectivity index (χ2n) is 7.52. The summed E-state index contributed by atoms with van der Waals surface area (Å²) in [6, 6.07) is 10.9. The zero-order valence-corrected chi connectivity index (χ0v) is 19.4. The lowest BCUT2D eigenvalue weighted by molar-refractivity contribution is -0.116. The molecule has 1 unspecified atom stereocenters. The molecule has 6 nitrogen and oxygen atoms in total. The molecule has 168 valence electrons. The van der Waals surface area contributed by atoms with Crippen LogP contribution in [0.3, 0.4) is 0 Å². The predicted octanol–water partition coefficient (Wildman–Crippen LogP) is 5.09. The van der Waals surface area contributed by atoms with Crippen LogP contribution in [-0.4, -0.2) is 36.2 Å². The van der Waals surface area contributed by atoms with Crippen molar-refractivity contribution in [3.63, 3.8) is 0 Å². The molecule has 0 bridgehead atoms. The average molecular weight is 481 g/mol. The largest absolute Gasteiger partial charge is 0.454 e. The van der Waals surface area contributed by atoms with Gasteiger partial charge >= 0.3 is 0 Å². The Morgan fingerprint density at radius 3 is 1.82 bits per heavy atom. The monoisotopic (exact) mass is 480 g/mol. The predicted molar refractivity (Wildman–Crippen MR) is 130 cm³/mol. The fraction of sp³-hybridized carbons (Fsp3) is 0.200. The van der Waals surface area contributed by atoms with Crippen molar-refractivity contribution in [2.24, 2.45) is 0 Å². The molecule has 3 heterocycles. The molecule has 3 aliphatic rings. The molecular formula is C25H20O6S2. The molecule has 1 atom stereocenters. The third kappa shape index (κ3) is 4.82. The van der Waals surface area contributed by atoms with Crippen molar-refractivity contribution < 1.29 is 28.5 Å². The van der Waals surface area contributed by atoms with Gasteiger partial charge in [0.15, 0.2) is 34.6 Å². The van der Waals surface area contributed by atoms with E-state index in [0.717, 1.165) is 21.1 Å². The first-order valence-electron chi connectivity index (χ1n) is 10.3. The van der Waals surface area contributed by atoms with Crippen molar-refractivity contribution in [1.82, 2.24) is 0 Å². The average Bonchev–Trinajstić information content (AvgIpc) is 3.56. The van der Waals surface area contributed by atoms with Gasteiger partial charge in [0.2, 0.25) is 13.6 Å². The number of carbonyl (C=O) groups is 2. The molecule has 1 saturated heterocycles. The summed E-state index contributed by atoms with van der Waals surface area (Å²) in [4.78, 5) is 26.3. The summed E-state index contributed by atoms with van der Waals surface area (Å²) < 4.78 is 22.2. The number of fused-ring (bicyclic) bond motifs is 2. The van der Waals surface area contributed by atoms with Crippen molar-refractivity contribution in [2.75, 3.05) is 19.3 Å². The number of ketones is 2. The van der Waals surface area contributed by atoms with Gasteiger partial charge in [-0.3, -0.25) is 9.59 Å². The number of thioether (sulfide) groups is 2. The lowest BCUT2D eigenvalue weighted by Crippen LogP contribution is -2.10. The first-order valence-corrected chi connectivity index (χ1v) is 12.2. The summed E-state index contributed by atoms with van der Waals surface area (Å²) in [5.74, 6) is 2.86. The van der Waals surface area contributed by atoms with Crippen LogP contribution in [0.1, 0.15) is 18.1 Å². The molecule has 2 aromatic rings. The molecule has 0 aromatic heterocycles. The Kier molecular flexibility index (Phi) is 6.20. The maximum absolute atomic E-state index is 13.1. The van der Waals surface area contributed by atoms with Crippen molar-refractivity contribution >= 4 is 47.2 Å². The molecule has 5 rings (SSSR count). The Hall–Kier alpha value is -3.10. The summed E-state index contributed by atoms with van der Waals surface area (Å²) in [7, 11) is 0. The normalized spacial score (nSPS) is 18.5. The van der Waals surface area contributed by atoms with Gasteiger partial charge in [0.05, 0.1) is 9.81 Å². The van der Waals surface area contributed by atoms with Crippen molar-refractivity contribution in [3.05, 3.63) is 69.5 Å². The number of allylic oxidation sites excluding steroid dienone is 3. The molecule has 0 saturated carbocycles. The van der Waals surface area contributed by atoms with Gasteiger partial charge in [0.25, 0.3) is 0 Å². The smallest absolute Gasteiger partial charge is 0.231 e. The number of rotatable bonds is 6. The number of carbonyl (C=O) groups excluding carboxylic acids is 2. The van der Waals surface area contributed by atoms with E-state index in [9.17, 15) is 9.59 Å². The van der Waals surface area contributed by atoms with Crippen LogP contribution in [0.4, 0.5) is 0 Å². The molecule has 0 radical (unpaired) electrons. The molecule has 0 amide bonds. The maximum Gasteiger partial charge on any atom is 0.231 e. The van der Waals surface area contributed by atoms with Crippen molar-refractivity contribution in [2.45, 2.75) is 12.2 Å². The van der Waals surface area contributed by atoms with Crippen LogP contribution in [0.25, 0.3) is 12.2 Å². The second kappa shape index (κ2) is 9.41. The second-order valence-corrected chi connectivity index (χ2v) is 10.3. The molecule has 0 N–H and O–H groups in total. The number of ether oxygens (including phenoxy) is 4. The lowest BCUT2D eigenvalue weighted by Gasteiger charge is -2.05. The van der Waals surface area contributed by atoms with Gasteiger partial charge in [-0.15, -0.1) is 23.5 Å². The van der Waals surface area contributed by atoms with Crippen LogP contribution in [0, 0.1) is 0 Å². The summed E-state index contributed by atoms with van der Waals surface area (Å²) in [6.45, 7) is 2.46. The summed E-state index contributed by atoms with van der Waals surface area (Å²) in [5, 5.41) is 0.344. The standard InChI is InChI=1S/C25H20O6S2/c1-15-12-32-25(33-15)24(18(26)6-2-16-4-8-20-22(10-16)30-13-28-20)19(27)7-3-17-5-9-21-23(11-17)31-14-29-21/h2-11,15H,12-14H2,1H3/b6-2+,7-3+. The quantitative estimate of drug-likeness (QED) is 0.322. The molecule has 2 aromatic carbocycles. The Balaban J connectivity index is 1.37. The zero-order valence-electron chi connectivity index (χ0n) is 17.7. The van der Waals surface area contributed by atoms with Crippen LogP contribution in [0.5, 0.6) is 23.0 Å². The SMILES string of the molecule is CC1CSC(=C(C(=O)/C=C/c2ccc3c(c2)OCO3)C(=O)/C=C/c2ccc3c(c2)OCO3)S1. The van der Waals surface area contributed by atoms with E-state index < -0.39 is 0 Å².